The molecule has 0 aromatic carbocycles. The van der Waals surface area contributed by atoms with Gasteiger partial charge in [0, 0.05) is 6.04 Å². The van der Waals surface area contributed by atoms with Crippen molar-refractivity contribution in [3.63, 3.8) is 0 Å². The van der Waals surface area contributed by atoms with E-state index in [1.165, 1.54) is 12.8 Å². The standard InChI is InChI=1S/C12H18N2O2/c15-10-7-13-12(16)11(8-5-6-8)14(10)9-3-1-2-4-9/h8-9,11H,1-7H2,(H,13,16). The number of carbonyl (C=O) groups excluding carboxylic acids is 2. The first-order valence-corrected chi connectivity index (χ1v) is 6.36. The Bertz CT molecular complexity index is 319. The minimum absolute atomic E-state index is 0.0778. The monoisotopic (exact) mass is 222 g/mol. The number of rotatable bonds is 2. The lowest BCUT2D eigenvalue weighted by Gasteiger charge is -2.39. The van der Waals surface area contributed by atoms with E-state index >= 15 is 0 Å². The molecule has 1 N–H and O–H groups in total. The minimum Gasteiger partial charge on any atom is -0.345 e. The average molecular weight is 222 g/mol. The maximum absolute atomic E-state index is 12.0. The summed E-state index contributed by atoms with van der Waals surface area (Å²) in [5.74, 6) is 0.641. The Labute approximate surface area is 95.4 Å². The molecule has 3 fully saturated rings. The van der Waals surface area contributed by atoms with E-state index in [2.05, 4.69) is 5.32 Å². The van der Waals surface area contributed by atoms with Crippen LogP contribution in [0.1, 0.15) is 38.5 Å². The summed E-state index contributed by atoms with van der Waals surface area (Å²) >= 11 is 0. The number of piperazine rings is 1. The highest BCUT2D eigenvalue weighted by atomic mass is 16.2. The summed E-state index contributed by atoms with van der Waals surface area (Å²) in [6.45, 7) is 0.207. The van der Waals surface area contributed by atoms with Gasteiger partial charge in [-0.15, -0.1) is 0 Å². The molecule has 2 aliphatic carbocycles. The normalized spacial score (nSPS) is 32.0. The molecule has 1 atom stereocenters. The van der Waals surface area contributed by atoms with Crippen molar-refractivity contribution in [2.45, 2.75) is 50.6 Å². The van der Waals surface area contributed by atoms with E-state index in [1.807, 2.05) is 4.90 Å². The molecule has 16 heavy (non-hydrogen) atoms. The molecule has 1 unspecified atom stereocenters. The molecule has 0 aromatic heterocycles. The highest BCUT2D eigenvalue weighted by molar-refractivity contribution is 5.95. The lowest BCUT2D eigenvalue weighted by molar-refractivity contribution is -0.149. The number of hydrogen-bond donors (Lipinski definition) is 1. The molecule has 3 aliphatic rings. The maximum Gasteiger partial charge on any atom is 0.243 e. The first-order valence-electron chi connectivity index (χ1n) is 6.36. The van der Waals surface area contributed by atoms with Crippen LogP contribution in [-0.4, -0.2) is 35.3 Å². The first-order chi connectivity index (χ1) is 7.77. The van der Waals surface area contributed by atoms with E-state index in [0.717, 1.165) is 25.7 Å². The fraction of sp³-hybridized carbons (Fsp3) is 0.833. The third kappa shape index (κ3) is 1.60. The Morgan fingerprint density at radius 3 is 2.38 bits per heavy atom. The lowest BCUT2D eigenvalue weighted by Crippen LogP contribution is -2.61. The molecule has 2 saturated carbocycles. The van der Waals surface area contributed by atoms with E-state index in [0.29, 0.717) is 12.0 Å². The van der Waals surface area contributed by atoms with Gasteiger partial charge in [0.1, 0.15) is 6.04 Å². The molecule has 88 valence electrons. The summed E-state index contributed by atoms with van der Waals surface area (Å²) in [5, 5.41) is 2.73. The Kier molecular flexibility index (Phi) is 2.37. The Balaban J connectivity index is 1.83. The molecule has 4 heteroatoms. The van der Waals surface area contributed by atoms with Crippen LogP contribution in [0.3, 0.4) is 0 Å². The van der Waals surface area contributed by atoms with Gasteiger partial charge >= 0.3 is 0 Å². The fourth-order valence-electron chi connectivity index (χ4n) is 3.11. The van der Waals surface area contributed by atoms with Crippen LogP contribution >= 0.6 is 0 Å². The third-order valence-corrected chi connectivity index (χ3v) is 4.06. The number of nitrogens with one attached hydrogen (secondary N) is 1. The van der Waals surface area contributed by atoms with Crippen molar-refractivity contribution in [2.75, 3.05) is 6.54 Å². The van der Waals surface area contributed by atoms with Gasteiger partial charge in [-0.2, -0.15) is 0 Å². The first kappa shape index (κ1) is 10.1. The molecule has 1 saturated heterocycles. The van der Waals surface area contributed by atoms with E-state index in [4.69, 9.17) is 0 Å². The Morgan fingerprint density at radius 2 is 1.75 bits per heavy atom. The van der Waals surface area contributed by atoms with Crippen molar-refractivity contribution < 1.29 is 9.59 Å². The molecule has 2 amide bonds. The molecular formula is C12H18N2O2. The van der Waals surface area contributed by atoms with Gasteiger partial charge in [0.15, 0.2) is 0 Å². The van der Waals surface area contributed by atoms with Crippen LogP contribution in [-0.2, 0) is 9.59 Å². The van der Waals surface area contributed by atoms with Crippen LogP contribution in [0.15, 0.2) is 0 Å². The van der Waals surface area contributed by atoms with Crippen molar-refractivity contribution in [3.05, 3.63) is 0 Å². The smallest absolute Gasteiger partial charge is 0.243 e. The van der Waals surface area contributed by atoms with Gasteiger partial charge in [-0.3, -0.25) is 9.59 Å². The topological polar surface area (TPSA) is 49.4 Å². The van der Waals surface area contributed by atoms with Crippen molar-refractivity contribution in [3.8, 4) is 0 Å². The largest absolute Gasteiger partial charge is 0.345 e. The van der Waals surface area contributed by atoms with Crippen LogP contribution in [0.25, 0.3) is 0 Å². The molecule has 1 heterocycles. The summed E-state index contributed by atoms with van der Waals surface area (Å²) in [6.07, 6.45) is 6.79. The number of carbonyl (C=O) groups is 2. The van der Waals surface area contributed by atoms with E-state index in [1.54, 1.807) is 0 Å². The van der Waals surface area contributed by atoms with Crippen molar-refractivity contribution in [2.24, 2.45) is 5.92 Å². The summed E-state index contributed by atoms with van der Waals surface area (Å²) in [5.41, 5.74) is 0. The van der Waals surface area contributed by atoms with Crippen molar-refractivity contribution in [1.82, 2.24) is 10.2 Å². The SMILES string of the molecule is O=C1NCC(=O)N(C2CCCC2)C1C1CC1. The molecule has 1 aliphatic heterocycles. The lowest BCUT2D eigenvalue weighted by atomic mass is 10.0. The second-order valence-electron chi connectivity index (χ2n) is 5.24. The van der Waals surface area contributed by atoms with Crippen LogP contribution < -0.4 is 5.32 Å². The second-order valence-corrected chi connectivity index (χ2v) is 5.24. The molecule has 0 radical (unpaired) electrons. The molecule has 0 spiro atoms. The fourth-order valence-corrected chi connectivity index (χ4v) is 3.11. The molecule has 3 rings (SSSR count). The zero-order chi connectivity index (χ0) is 11.1. The summed E-state index contributed by atoms with van der Waals surface area (Å²) in [4.78, 5) is 25.8. The molecule has 0 aromatic rings. The summed E-state index contributed by atoms with van der Waals surface area (Å²) < 4.78 is 0. The number of amides is 2. The van der Waals surface area contributed by atoms with Gasteiger partial charge in [-0.25, -0.2) is 0 Å². The third-order valence-electron chi connectivity index (χ3n) is 4.06. The zero-order valence-corrected chi connectivity index (χ0v) is 9.45. The van der Waals surface area contributed by atoms with Gasteiger partial charge in [0.2, 0.25) is 11.8 Å². The molecule has 0 bridgehead atoms. The van der Waals surface area contributed by atoms with Crippen LogP contribution in [0, 0.1) is 5.92 Å². The Hall–Kier alpha value is -1.06. The predicted octanol–water partition coefficient (Wildman–Crippen LogP) is 0.666. The highest BCUT2D eigenvalue weighted by Crippen LogP contribution is 2.39. The number of nitrogens with zero attached hydrogens (tertiary/aromatic N) is 1. The maximum atomic E-state index is 12.0. The van der Waals surface area contributed by atoms with Crippen LogP contribution in [0.2, 0.25) is 0 Å². The summed E-state index contributed by atoms with van der Waals surface area (Å²) in [6, 6.07) is 0.188. The van der Waals surface area contributed by atoms with Crippen molar-refractivity contribution in [1.29, 1.82) is 0 Å². The Morgan fingerprint density at radius 1 is 1.06 bits per heavy atom. The van der Waals surface area contributed by atoms with E-state index < -0.39 is 0 Å². The highest BCUT2D eigenvalue weighted by Gasteiger charge is 2.47. The van der Waals surface area contributed by atoms with Crippen LogP contribution in [0.4, 0.5) is 0 Å². The quantitative estimate of drug-likeness (QED) is 0.746. The predicted molar refractivity (Wildman–Crippen MR) is 58.6 cm³/mol. The average Bonchev–Trinajstić information content (AvgIpc) is 2.97. The second kappa shape index (κ2) is 3.75. The van der Waals surface area contributed by atoms with Crippen molar-refractivity contribution >= 4 is 11.8 Å². The van der Waals surface area contributed by atoms with Gasteiger partial charge in [0.05, 0.1) is 6.54 Å². The van der Waals surface area contributed by atoms with Gasteiger partial charge in [-0.05, 0) is 31.6 Å². The minimum atomic E-state index is -0.149. The van der Waals surface area contributed by atoms with Gasteiger partial charge in [0.25, 0.3) is 0 Å². The van der Waals surface area contributed by atoms with Gasteiger partial charge < -0.3 is 10.2 Å². The molecular weight excluding hydrogens is 204 g/mol. The molecule has 4 nitrogen and oxygen atoms in total. The summed E-state index contributed by atoms with van der Waals surface area (Å²) in [7, 11) is 0. The van der Waals surface area contributed by atoms with E-state index in [-0.39, 0.29) is 24.4 Å². The van der Waals surface area contributed by atoms with Crippen LogP contribution in [0.5, 0.6) is 0 Å². The number of hydrogen-bond acceptors (Lipinski definition) is 2. The van der Waals surface area contributed by atoms with Gasteiger partial charge in [-0.1, -0.05) is 12.8 Å². The van der Waals surface area contributed by atoms with E-state index in [9.17, 15) is 9.59 Å². The zero-order valence-electron chi connectivity index (χ0n) is 9.45.